The van der Waals surface area contributed by atoms with E-state index in [1.54, 1.807) is 18.2 Å². The zero-order valence-corrected chi connectivity index (χ0v) is 15.5. The third kappa shape index (κ3) is 3.91. The lowest BCUT2D eigenvalue weighted by Crippen LogP contribution is -2.09. The topological polar surface area (TPSA) is 99.1 Å². The molecule has 0 saturated carbocycles. The fraction of sp³-hybridized carbons (Fsp3) is 0.150. The van der Waals surface area contributed by atoms with E-state index in [1.165, 1.54) is 0 Å². The van der Waals surface area contributed by atoms with Gasteiger partial charge in [0.05, 0.1) is 16.8 Å². The Kier molecular flexibility index (Phi) is 5.03. The molecule has 0 fully saturated rings. The van der Waals surface area contributed by atoms with Crippen molar-refractivity contribution >= 4 is 11.5 Å². The molecule has 0 bridgehead atoms. The zero-order valence-electron chi connectivity index (χ0n) is 15.5. The van der Waals surface area contributed by atoms with Crippen LogP contribution in [0.5, 0.6) is 5.75 Å². The highest BCUT2D eigenvalue weighted by molar-refractivity contribution is 5.78. The van der Waals surface area contributed by atoms with Gasteiger partial charge < -0.3 is 15.7 Å². The molecule has 0 aliphatic carbocycles. The Hall–Kier alpha value is -3.80. The lowest BCUT2D eigenvalue weighted by atomic mass is 10.0. The Morgan fingerprint density at radius 3 is 2.45 bits per heavy atom. The Balaban J connectivity index is 2.25. The molecule has 3 aromatic rings. The summed E-state index contributed by atoms with van der Waals surface area (Å²) in [6, 6.07) is 11.4. The number of nitrogens with two attached hydrogens (primary N) is 1. The number of rotatable bonds is 3. The summed E-state index contributed by atoms with van der Waals surface area (Å²) in [5.41, 5.74) is 6.21. The minimum Gasteiger partial charge on any atom is -0.507 e. The number of phenols is 1. The number of benzene rings is 2. The highest BCUT2D eigenvalue weighted by Gasteiger charge is 2.31. The van der Waals surface area contributed by atoms with Gasteiger partial charge in [0.25, 0.3) is 0 Å². The molecule has 2 aromatic carbocycles. The first-order chi connectivity index (χ1) is 13.6. The summed E-state index contributed by atoms with van der Waals surface area (Å²) in [5.74, 6) is -0.843. The van der Waals surface area contributed by atoms with Crippen molar-refractivity contribution in [2.75, 3.05) is 24.7 Å². The van der Waals surface area contributed by atoms with Gasteiger partial charge >= 0.3 is 6.18 Å². The second-order valence-electron chi connectivity index (χ2n) is 6.44. The summed E-state index contributed by atoms with van der Waals surface area (Å²) >= 11 is 0. The molecule has 3 rings (SSSR count). The van der Waals surface area contributed by atoms with E-state index in [-0.39, 0.29) is 28.5 Å². The van der Waals surface area contributed by atoms with E-state index in [2.05, 4.69) is 9.97 Å². The largest absolute Gasteiger partial charge is 0.507 e. The maximum Gasteiger partial charge on any atom is 0.416 e. The number of aromatic nitrogens is 2. The Labute approximate surface area is 164 Å². The van der Waals surface area contributed by atoms with Gasteiger partial charge in [-0.2, -0.15) is 18.4 Å². The van der Waals surface area contributed by atoms with Gasteiger partial charge in [0.15, 0.2) is 5.82 Å². The van der Waals surface area contributed by atoms with Gasteiger partial charge in [-0.1, -0.05) is 12.1 Å². The van der Waals surface area contributed by atoms with Crippen LogP contribution in [0.15, 0.2) is 42.5 Å². The Bertz CT molecular complexity index is 1120. The maximum absolute atomic E-state index is 13.1. The monoisotopic (exact) mass is 399 g/mol. The molecule has 0 aliphatic heterocycles. The number of anilines is 2. The molecule has 6 nitrogen and oxygen atoms in total. The first-order valence-electron chi connectivity index (χ1n) is 8.37. The number of nitrogen functional groups attached to an aromatic ring is 1. The molecule has 0 radical (unpaired) electrons. The lowest BCUT2D eigenvalue weighted by molar-refractivity contribution is -0.137. The Morgan fingerprint density at radius 1 is 1.10 bits per heavy atom. The van der Waals surface area contributed by atoms with Crippen molar-refractivity contribution in [1.29, 1.82) is 5.26 Å². The number of hydrogen-bond donors (Lipinski definition) is 2. The van der Waals surface area contributed by atoms with E-state index in [4.69, 9.17) is 5.73 Å². The van der Waals surface area contributed by atoms with Gasteiger partial charge in [0, 0.05) is 25.3 Å². The second kappa shape index (κ2) is 7.31. The maximum atomic E-state index is 13.1. The predicted molar refractivity (Wildman–Crippen MR) is 103 cm³/mol. The van der Waals surface area contributed by atoms with Gasteiger partial charge in [0.2, 0.25) is 0 Å². The van der Waals surface area contributed by atoms with Crippen molar-refractivity contribution < 1.29 is 18.3 Å². The normalized spacial score (nSPS) is 11.2. The van der Waals surface area contributed by atoms with E-state index in [0.29, 0.717) is 5.56 Å². The van der Waals surface area contributed by atoms with Crippen LogP contribution >= 0.6 is 0 Å². The highest BCUT2D eigenvalue weighted by atomic mass is 19.4. The van der Waals surface area contributed by atoms with Crippen LogP contribution in [-0.2, 0) is 6.18 Å². The van der Waals surface area contributed by atoms with Crippen LogP contribution in [0.1, 0.15) is 11.1 Å². The fourth-order valence-corrected chi connectivity index (χ4v) is 2.74. The van der Waals surface area contributed by atoms with Gasteiger partial charge in [0.1, 0.15) is 23.2 Å². The van der Waals surface area contributed by atoms with Gasteiger partial charge in [-0.05, 0) is 30.3 Å². The SMILES string of the molecule is CN(C)c1cccc(-c2nc(-c3cc(C(F)(F)F)ccc3O)nc(N)c2C#N)c1. The average molecular weight is 399 g/mol. The summed E-state index contributed by atoms with van der Waals surface area (Å²) in [5, 5.41) is 19.6. The summed E-state index contributed by atoms with van der Waals surface area (Å²) < 4.78 is 39.2. The fourth-order valence-electron chi connectivity index (χ4n) is 2.74. The molecule has 0 spiro atoms. The zero-order chi connectivity index (χ0) is 21.3. The van der Waals surface area contributed by atoms with E-state index in [1.807, 2.05) is 31.1 Å². The van der Waals surface area contributed by atoms with Crippen molar-refractivity contribution in [3.63, 3.8) is 0 Å². The van der Waals surface area contributed by atoms with Crippen molar-refractivity contribution in [3.8, 4) is 34.5 Å². The average Bonchev–Trinajstić information content (AvgIpc) is 2.66. The third-order valence-corrected chi connectivity index (χ3v) is 4.25. The van der Waals surface area contributed by atoms with E-state index in [9.17, 15) is 23.5 Å². The third-order valence-electron chi connectivity index (χ3n) is 4.25. The van der Waals surface area contributed by atoms with E-state index >= 15 is 0 Å². The quantitative estimate of drug-likeness (QED) is 0.689. The Morgan fingerprint density at radius 2 is 1.83 bits per heavy atom. The lowest BCUT2D eigenvalue weighted by Gasteiger charge is -2.15. The molecule has 0 atom stereocenters. The molecule has 0 saturated heterocycles. The number of phenolic OH excluding ortho intramolecular Hbond substituents is 1. The minimum absolute atomic E-state index is 0.00359. The van der Waals surface area contributed by atoms with Crippen molar-refractivity contribution in [2.45, 2.75) is 6.18 Å². The van der Waals surface area contributed by atoms with Crippen LogP contribution in [0, 0.1) is 11.3 Å². The summed E-state index contributed by atoms with van der Waals surface area (Å²) in [4.78, 5) is 10.1. The highest BCUT2D eigenvalue weighted by Crippen LogP contribution is 2.37. The number of alkyl halides is 3. The molecular formula is C20H16F3N5O. The second-order valence-corrected chi connectivity index (χ2v) is 6.44. The van der Waals surface area contributed by atoms with Crippen molar-refractivity contribution in [3.05, 3.63) is 53.6 Å². The van der Waals surface area contributed by atoms with Crippen molar-refractivity contribution in [1.82, 2.24) is 9.97 Å². The van der Waals surface area contributed by atoms with Crippen LogP contribution in [0.25, 0.3) is 22.6 Å². The van der Waals surface area contributed by atoms with Gasteiger partial charge in [-0.15, -0.1) is 0 Å². The first-order valence-corrected chi connectivity index (χ1v) is 8.37. The summed E-state index contributed by atoms with van der Waals surface area (Å²) in [7, 11) is 3.68. The summed E-state index contributed by atoms with van der Waals surface area (Å²) in [6.45, 7) is 0. The number of hydrogen-bond acceptors (Lipinski definition) is 6. The molecule has 1 heterocycles. The molecule has 148 valence electrons. The molecule has 0 amide bonds. The molecule has 1 aromatic heterocycles. The van der Waals surface area contributed by atoms with Crippen LogP contribution in [-0.4, -0.2) is 29.2 Å². The molecule has 3 N–H and O–H groups in total. The summed E-state index contributed by atoms with van der Waals surface area (Å²) in [6.07, 6.45) is -4.61. The smallest absolute Gasteiger partial charge is 0.416 e. The first kappa shape index (κ1) is 19.9. The van der Waals surface area contributed by atoms with Gasteiger partial charge in [-0.25, -0.2) is 9.97 Å². The van der Waals surface area contributed by atoms with Crippen LogP contribution in [0.4, 0.5) is 24.7 Å². The standard InChI is InChI=1S/C20H16F3N5O/c1-28(2)13-5-3-4-11(8-13)17-15(10-24)18(25)27-19(26-17)14-9-12(20(21,22)23)6-7-16(14)29/h3-9,29H,1-2H3,(H2,25,26,27). The number of aromatic hydroxyl groups is 1. The van der Waals surface area contributed by atoms with E-state index in [0.717, 1.165) is 23.9 Å². The predicted octanol–water partition coefficient (Wildman–Crippen LogP) is 4.05. The minimum atomic E-state index is -4.61. The molecular weight excluding hydrogens is 383 g/mol. The van der Waals surface area contributed by atoms with Crippen molar-refractivity contribution in [2.24, 2.45) is 0 Å². The van der Waals surface area contributed by atoms with E-state index < -0.39 is 17.5 Å². The molecule has 0 unspecified atom stereocenters. The molecule has 0 aliphatic rings. The molecule has 9 heteroatoms. The number of nitrogens with zero attached hydrogens (tertiary/aromatic N) is 4. The number of nitriles is 1. The van der Waals surface area contributed by atoms with Gasteiger partial charge in [-0.3, -0.25) is 0 Å². The molecule has 29 heavy (non-hydrogen) atoms. The van der Waals surface area contributed by atoms with Crippen LogP contribution < -0.4 is 10.6 Å². The van der Waals surface area contributed by atoms with Crippen LogP contribution in [0.2, 0.25) is 0 Å². The number of halogens is 3. The van der Waals surface area contributed by atoms with Crippen LogP contribution in [0.3, 0.4) is 0 Å².